The van der Waals surface area contributed by atoms with Crippen LogP contribution in [-0.2, 0) is 0 Å². The molecule has 0 amide bonds. The van der Waals surface area contributed by atoms with Gasteiger partial charge >= 0.3 is 0 Å². The second-order valence-electron chi connectivity index (χ2n) is 2.08. The van der Waals surface area contributed by atoms with E-state index in [4.69, 9.17) is 5.21 Å². The highest BCUT2D eigenvalue weighted by Crippen LogP contribution is 2.09. The molecule has 1 aromatic heterocycles. The summed E-state index contributed by atoms with van der Waals surface area (Å²) < 4.78 is 0.844. The zero-order chi connectivity index (χ0) is 8.97. The molecule has 0 spiro atoms. The van der Waals surface area contributed by atoms with Gasteiger partial charge in [-0.15, -0.1) is 0 Å². The van der Waals surface area contributed by atoms with Gasteiger partial charge in [-0.1, -0.05) is 0 Å². The summed E-state index contributed by atoms with van der Waals surface area (Å²) in [6, 6.07) is 1.80. The molecule has 1 heterocycles. The van der Waals surface area contributed by atoms with E-state index >= 15 is 0 Å². The summed E-state index contributed by atoms with van der Waals surface area (Å²) in [6.07, 6.45) is 3.27. The van der Waals surface area contributed by atoms with E-state index in [9.17, 15) is 0 Å². The first-order valence-electron chi connectivity index (χ1n) is 3.25. The maximum Gasteiger partial charge on any atom is 0.153 e. The predicted molar refractivity (Wildman–Crippen MR) is 49.3 cm³/mol. The molecule has 2 N–H and O–H groups in total. The Balaban J connectivity index is 3.02. The van der Waals surface area contributed by atoms with Gasteiger partial charge in [0.15, 0.2) is 5.84 Å². The van der Waals surface area contributed by atoms with Crippen molar-refractivity contribution in [1.29, 1.82) is 0 Å². The number of pyridine rings is 1. The average Bonchev–Trinajstić information content (AvgIpc) is 2.07. The minimum absolute atomic E-state index is 0.392. The van der Waals surface area contributed by atoms with E-state index in [0.717, 1.165) is 10.0 Å². The van der Waals surface area contributed by atoms with Crippen LogP contribution < -0.4 is 5.48 Å². The van der Waals surface area contributed by atoms with Crippen molar-refractivity contribution in [2.75, 3.05) is 7.05 Å². The normalized spacial score (nSPS) is 11.4. The van der Waals surface area contributed by atoms with Crippen molar-refractivity contribution in [3.8, 4) is 0 Å². The van der Waals surface area contributed by atoms with Gasteiger partial charge in [-0.25, -0.2) is 0 Å². The lowest BCUT2D eigenvalue weighted by molar-refractivity contribution is 0.235. The first kappa shape index (κ1) is 9.15. The fraction of sp³-hybridized carbons (Fsp3) is 0.143. The van der Waals surface area contributed by atoms with Gasteiger partial charge in [-0.05, 0) is 22.0 Å². The van der Waals surface area contributed by atoms with Gasteiger partial charge in [0.2, 0.25) is 0 Å². The highest BCUT2D eigenvalue weighted by Gasteiger charge is 2.00. The zero-order valence-electron chi connectivity index (χ0n) is 6.45. The molecule has 5 heteroatoms. The summed E-state index contributed by atoms with van der Waals surface area (Å²) in [5.74, 6) is 0.392. The molecular weight excluding hydrogens is 222 g/mol. The van der Waals surface area contributed by atoms with E-state index in [0.29, 0.717) is 5.84 Å². The van der Waals surface area contributed by atoms with Crippen LogP contribution in [0.25, 0.3) is 0 Å². The summed E-state index contributed by atoms with van der Waals surface area (Å²) in [5.41, 5.74) is 2.72. The van der Waals surface area contributed by atoms with E-state index in [2.05, 4.69) is 25.9 Å². The topological polar surface area (TPSA) is 57.5 Å². The van der Waals surface area contributed by atoms with Crippen molar-refractivity contribution in [1.82, 2.24) is 10.5 Å². The molecule has 0 saturated carbocycles. The van der Waals surface area contributed by atoms with Crippen LogP contribution in [0.4, 0.5) is 0 Å². The maximum absolute atomic E-state index is 8.65. The summed E-state index contributed by atoms with van der Waals surface area (Å²) in [5, 5.41) is 8.65. The van der Waals surface area contributed by atoms with Crippen molar-refractivity contribution >= 4 is 21.8 Å². The number of rotatable bonds is 1. The van der Waals surface area contributed by atoms with Crippen LogP contribution >= 0.6 is 15.9 Å². The van der Waals surface area contributed by atoms with E-state index in [1.807, 2.05) is 5.48 Å². The van der Waals surface area contributed by atoms with Gasteiger partial charge in [-0.2, -0.15) is 0 Å². The number of hydrogen-bond donors (Lipinski definition) is 2. The van der Waals surface area contributed by atoms with Crippen molar-refractivity contribution in [2.45, 2.75) is 0 Å². The first-order chi connectivity index (χ1) is 5.77. The Morgan fingerprint density at radius 3 is 2.92 bits per heavy atom. The number of amidine groups is 1. The summed E-state index contributed by atoms with van der Waals surface area (Å²) >= 11 is 3.26. The molecule has 0 bridgehead atoms. The summed E-state index contributed by atoms with van der Waals surface area (Å²) in [6.45, 7) is 0. The van der Waals surface area contributed by atoms with E-state index in [-0.39, 0.29) is 0 Å². The standard InChI is InChI=1S/C7H8BrN3O/c1-9-7(11-12)5-2-6(8)4-10-3-5/h2-4,12H,1H3,(H,9,11). The Labute approximate surface area is 78.4 Å². The van der Waals surface area contributed by atoms with E-state index in [1.165, 1.54) is 0 Å². The molecule has 0 atom stereocenters. The molecule has 0 saturated heterocycles. The van der Waals surface area contributed by atoms with Crippen LogP contribution in [0.3, 0.4) is 0 Å². The first-order valence-corrected chi connectivity index (χ1v) is 4.05. The largest absolute Gasteiger partial charge is 0.290 e. The van der Waals surface area contributed by atoms with Crippen LogP contribution in [0.2, 0.25) is 0 Å². The number of aliphatic imine (C=N–C) groups is 1. The number of hydrogen-bond acceptors (Lipinski definition) is 3. The molecule has 0 aromatic carbocycles. The molecule has 1 aromatic rings. The number of aromatic nitrogens is 1. The second-order valence-corrected chi connectivity index (χ2v) is 2.99. The lowest BCUT2D eigenvalue weighted by Gasteiger charge is -2.02. The monoisotopic (exact) mass is 229 g/mol. The van der Waals surface area contributed by atoms with Crippen LogP contribution in [0.15, 0.2) is 27.9 Å². The van der Waals surface area contributed by atoms with Crippen LogP contribution in [0.1, 0.15) is 5.56 Å². The van der Waals surface area contributed by atoms with Gasteiger partial charge < -0.3 is 0 Å². The third kappa shape index (κ3) is 2.02. The van der Waals surface area contributed by atoms with Crippen LogP contribution in [-0.4, -0.2) is 23.1 Å². The summed E-state index contributed by atoms with van der Waals surface area (Å²) in [4.78, 5) is 7.73. The van der Waals surface area contributed by atoms with Gasteiger partial charge in [0.25, 0.3) is 0 Å². The Kier molecular flexibility index (Phi) is 3.19. The number of nitrogens with zero attached hydrogens (tertiary/aromatic N) is 2. The van der Waals surface area contributed by atoms with E-state index in [1.54, 1.807) is 25.5 Å². The molecule has 0 aliphatic heterocycles. The molecule has 0 radical (unpaired) electrons. The second kappa shape index (κ2) is 4.18. The molecule has 0 aliphatic carbocycles. The van der Waals surface area contributed by atoms with Crippen molar-refractivity contribution in [2.24, 2.45) is 4.99 Å². The minimum Gasteiger partial charge on any atom is -0.290 e. The number of nitrogens with one attached hydrogen (secondary N) is 1. The third-order valence-corrected chi connectivity index (χ3v) is 1.74. The molecule has 0 aliphatic rings. The van der Waals surface area contributed by atoms with Crippen LogP contribution in [0, 0.1) is 0 Å². The molecule has 1 rings (SSSR count). The molecule has 4 nitrogen and oxygen atoms in total. The van der Waals surface area contributed by atoms with Crippen molar-refractivity contribution in [3.05, 3.63) is 28.5 Å². The Hall–Kier alpha value is -0.940. The molecule has 0 unspecified atom stereocenters. The summed E-state index contributed by atoms with van der Waals surface area (Å²) in [7, 11) is 1.58. The maximum atomic E-state index is 8.65. The minimum atomic E-state index is 0.392. The quantitative estimate of drug-likeness (QED) is 0.433. The SMILES string of the molecule is CN=C(NO)c1cncc(Br)c1. The molecular formula is C7H8BrN3O. The zero-order valence-corrected chi connectivity index (χ0v) is 8.04. The molecule has 0 fully saturated rings. The smallest absolute Gasteiger partial charge is 0.153 e. The molecule has 12 heavy (non-hydrogen) atoms. The number of hydroxylamine groups is 1. The average molecular weight is 230 g/mol. The lowest BCUT2D eigenvalue weighted by atomic mass is 10.3. The molecule has 64 valence electrons. The van der Waals surface area contributed by atoms with Gasteiger partial charge in [0, 0.05) is 29.5 Å². The predicted octanol–water partition coefficient (Wildman–Crippen LogP) is 1.20. The van der Waals surface area contributed by atoms with Gasteiger partial charge in [-0.3, -0.25) is 20.7 Å². The fourth-order valence-corrected chi connectivity index (χ4v) is 1.15. The Bertz CT molecular complexity index is 300. The van der Waals surface area contributed by atoms with Crippen LogP contribution in [0.5, 0.6) is 0 Å². The fourth-order valence-electron chi connectivity index (χ4n) is 0.785. The highest BCUT2D eigenvalue weighted by atomic mass is 79.9. The Morgan fingerprint density at radius 2 is 2.42 bits per heavy atom. The lowest BCUT2D eigenvalue weighted by Crippen LogP contribution is -2.20. The van der Waals surface area contributed by atoms with Gasteiger partial charge in [0.1, 0.15) is 0 Å². The third-order valence-electron chi connectivity index (χ3n) is 1.31. The highest BCUT2D eigenvalue weighted by molar-refractivity contribution is 9.10. The number of halogens is 1. The van der Waals surface area contributed by atoms with Crippen molar-refractivity contribution < 1.29 is 5.21 Å². The van der Waals surface area contributed by atoms with Gasteiger partial charge in [0.05, 0.1) is 0 Å². The van der Waals surface area contributed by atoms with E-state index < -0.39 is 0 Å². The Morgan fingerprint density at radius 1 is 1.67 bits per heavy atom. The van der Waals surface area contributed by atoms with Crippen molar-refractivity contribution in [3.63, 3.8) is 0 Å².